The zero-order chi connectivity index (χ0) is 15.2. The van der Waals surface area contributed by atoms with E-state index in [1.54, 1.807) is 6.92 Å². The second-order valence-corrected chi connectivity index (χ2v) is 5.38. The predicted octanol–water partition coefficient (Wildman–Crippen LogP) is 1.29. The van der Waals surface area contributed by atoms with Gasteiger partial charge in [-0.1, -0.05) is 29.8 Å². The van der Waals surface area contributed by atoms with E-state index >= 15 is 0 Å². The lowest BCUT2D eigenvalue weighted by Crippen LogP contribution is -2.52. The molecule has 1 aliphatic carbocycles. The average molecular weight is 290 g/mol. The molecule has 1 aromatic rings. The van der Waals surface area contributed by atoms with Crippen LogP contribution in [-0.2, 0) is 20.7 Å². The van der Waals surface area contributed by atoms with Crippen LogP contribution >= 0.6 is 0 Å². The Balaban J connectivity index is 1.97. The van der Waals surface area contributed by atoms with E-state index in [9.17, 15) is 9.59 Å². The quantitative estimate of drug-likeness (QED) is 0.429. The van der Waals surface area contributed by atoms with Gasteiger partial charge in [0.25, 0.3) is 0 Å². The summed E-state index contributed by atoms with van der Waals surface area (Å²) in [7, 11) is 0. The maximum atomic E-state index is 12.3. The molecule has 0 radical (unpaired) electrons. The number of hydrogen-bond acceptors (Lipinski definition) is 5. The van der Waals surface area contributed by atoms with Crippen molar-refractivity contribution in [2.45, 2.75) is 45.2 Å². The van der Waals surface area contributed by atoms with Crippen molar-refractivity contribution >= 4 is 11.8 Å². The van der Waals surface area contributed by atoms with Gasteiger partial charge in [-0.05, 0) is 32.3 Å². The molecule has 0 aliphatic heterocycles. The fourth-order valence-corrected chi connectivity index (χ4v) is 1.93. The van der Waals surface area contributed by atoms with E-state index < -0.39 is 12.0 Å². The van der Waals surface area contributed by atoms with E-state index in [-0.39, 0.29) is 18.8 Å². The number of ketones is 1. The van der Waals surface area contributed by atoms with Crippen molar-refractivity contribution in [3.05, 3.63) is 35.4 Å². The Kier molecular flexibility index (Phi) is 5.47. The minimum absolute atomic E-state index is 0.189. The fraction of sp³-hybridized carbons (Fsp3) is 0.500. The monoisotopic (exact) mass is 290 g/mol. The lowest BCUT2D eigenvalue weighted by molar-refractivity contribution is -0.149. The number of aryl methyl sites for hydroxylation is 1. The summed E-state index contributed by atoms with van der Waals surface area (Å²) in [5.41, 5.74) is 7.86. The Morgan fingerprint density at radius 1 is 1.29 bits per heavy atom. The van der Waals surface area contributed by atoms with Gasteiger partial charge in [0.2, 0.25) is 0 Å². The molecule has 0 amide bonds. The number of Topliss-reactive ketones (excluding diaryl/α,β-unsaturated/α-hetero) is 1. The maximum absolute atomic E-state index is 12.3. The Bertz CT molecular complexity index is 495. The van der Waals surface area contributed by atoms with Crippen LogP contribution in [0.3, 0.4) is 0 Å². The highest BCUT2D eigenvalue weighted by molar-refractivity contribution is 6.03. The number of carbonyl (C=O) groups excluding carboxylic acids is 2. The van der Waals surface area contributed by atoms with Crippen molar-refractivity contribution in [2.24, 2.45) is 0 Å². The second-order valence-electron chi connectivity index (χ2n) is 5.38. The van der Waals surface area contributed by atoms with Crippen LogP contribution in [0.4, 0.5) is 0 Å². The molecule has 1 saturated carbocycles. The molecule has 0 heterocycles. The third kappa shape index (κ3) is 4.95. The third-order valence-electron chi connectivity index (χ3n) is 3.35. The van der Waals surface area contributed by atoms with Crippen LogP contribution in [0, 0.1) is 6.92 Å². The Labute approximate surface area is 125 Å². The molecule has 2 N–H and O–H groups in total. The molecule has 1 aliphatic rings. The van der Waals surface area contributed by atoms with Crippen LogP contribution < -0.4 is 10.9 Å². The first-order valence-corrected chi connectivity index (χ1v) is 7.36. The number of ether oxygens (including phenoxy) is 1. The minimum atomic E-state index is -0.952. The van der Waals surface area contributed by atoms with Crippen molar-refractivity contribution in [3.8, 4) is 0 Å². The Morgan fingerprint density at radius 3 is 2.52 bits per heavy atom. The van der Waals surface area contributed by atoms with Gasteiger partial charge < -0.3 is 4.74 Å². The summed E-state index contributed by atoms with van der Waals surface area (Å²) in [6.45, 7) is 3.99. The minimum Gasteiger partial charge on any atom is -0.464 e. The van der Waals surface area contributed by atoms with Crippen LogP contribution in [0.1, 0.15) is 30.9 Å². The SMILES string of the molecule is CCOC(=O)C(NNC1CC1)C(=O)Cc1ccc(C)cc1. The number of esters is 1. The summed E-state index contributed by atoms with van der Waals surface area (Å²) in [5.74, 6) is -0.715. The highest BCUT2D eigenvalue weighted by atomic mass is 16.5. The fourth-order valence-electron chi connectivity index (χ4n) is 1.93. The third-order valence-corrected chi connectivity index (χ3v) is 3.35. The molecule has 1 aromatic carbocycles. The van der Waals surface area contributed by atoms with Crippen LogP contribution in [-0.4, -0.2) is 30.4 Å². The van der Waals surface area contributed by atoms with E-state index in [1.807, 2.05) is 31.2 Å². The molecule has 0 aromatic heterocycles. The van der Waals surface area contributed by atoms with Crippen molar-refractivity contribution in [3.63, 3.8) is 0 Å². The molecule has 0 spiro atoms. The number of rotatable bonds is 8. The molecule has 1 unspecified atom stereocenters. The average Bonchev–Trinajstić information content (AvgIpc) is 3.26. The highest BCUT2D eigenvalue weighted by Crippen LogP contribution is 2.17. The second kappa shape index (κ2) is 7.33. The Hall–Kier alpha value is -1.72. The molecular formula is C16H22N2O3. The smallest absolute Gasteiger partial charge is 0.332 e. The van der Waals surface area contributed by atoms with Gasteiger partial charge in [-0.2, -0.15) is 0 Å². The summed E-state index contributed by atoms with van der Waals surface area (Å²) >= 11 is 0. The van der Waals surface area contributed by atoms with E-state index in [0.717, 1.165) is 24.0 Å². The van der Waals surface area contributed by atoms with Crippen LogP contribution in [0.15, 0.2) is 24.3 Å². The molecule has 5 heteroatoms. The van der Waals surface area contributed by atoms with Crippen LogP contribution in [0.25, 0.3) is 0 Å². The van der Waals surface area contributed by atoms with Crippen molar-refractivity contribution in [1.29, 1.82) is 0 Å². The first kappa shape index (κ1) is 15.7. The molecule has 1 atom stereocenters. The topological polar surface area (TPSA) is 67.4 Å². The molecule has 2 rings (SSSR count). The van der Waals surface area contributed by atoms with Gasteiger partial charge in [0.05, 0.1) is 6.61 Å². The predicted molar refractivity (Wildman–Crippen MR) is 79.6 cm³/mol. The van der Waals surface area contributed by atoms with Crippen molar-refractivity contribution in [2.75, 3.05) is 6.61 Å². The van der Waals surface area contributed by atoms with Gasteiger partial charge in [0.15, 0.2) is 11.8 Å². The summed E-state index contributed by atoms with van der Waals surface area (Å²) in [6, 6.07) is 7.13. The number of hydrogen-bond donors (Lipinski definition) is 2. The number of carbonyl (C=O) groups is 2. The largest absolute Gasteiger partial charge is 0.464 e. The van der Waals surface area contributed by atoms with Gasteiger partial charge in [-0.15, -0.1) is 0 Å². The normalized spacial score (nSPS) is 15.5. The highest BCUT2D eigenvalue weighted by Gasteiger charge is 2.30. The Morgan fingerprint density at radius 2 is 1.95 bits per heavy atom. The first-order chi connectivity index (χ1) is 10.1. The molecule has 21 heavy (non-hydrogen) atoms. The van der Waals surface area contributed by atoms with Gasteiger partial charge in [-0.3, -0.25) is 10.2 Å². The van der Waals surface area contributed by atoms with E-state index in [4.69, 9.17) is 4.74 Å². The van der Waals surface area contributed by atoms with E-state index in [1.165, 1.54) is 0 Å². The van der Waals surface area contributed by atoms with Gasteiger partial charge in [0.1, 0.15) is 0 Å². The maximum Gasteiger partial charge on any atom is 0.332 e. The zero-order valence-electron chi connectivity index (χ0n) is 12.5. The summed E-state index contributed by atoms with van der Waals surface area (Å²) in [6.07, 6.45) is 2.34. The summed E-state index contributed by atoms with van der Waals surface area (Å²) in [5, 5.41) is 0. The molecule has 1 fully saturated rings. The molecular weight excluding hydrogens is 268 g/mol. The van der Waals surface area contributed by atoms with E-state index in [2.05, 4.69) is 10.9 Å². The standard InChI is InChI=1S/C16H22N2O3/c1-3-21-16(20)15(18-17-13-8-9-13)14(19)10-12-6-4-11(2)5-7-12/h4-7,13,15,17-18H,3,8-10H2,1-2H3. The zero-order valence-corrected chi connectivity index (χ0v) is 12.5. The van der Waals surface area contributed by atoms with Crippen molar-refractivity contribution in [1.82, 2.24) is 10.9 Å². The first-order valence-electron chi connectivity index (χ1n) is 7.36. The van der Waals surface area contributed by atoms with Gasteiger partial charge in [-0.25, -0.2) is 10.2 Å². The lowest BCUT2D eigenvalue weighted by Gasteiger charge is -2.17. The van der Waals surface area contributed by atoms with Crippen molar-refractivity contribution < 1.29 is 14.3 Å². The van der Waals surface area contributed by atoms with Gasteiger partial charge >= 0.3 is 5.97 Å². The number of hydrazine groups is 1. The lowest BCUT2D eigenvalue weighted by atomic mass is 10.0. The van der Waals surface area contributed by atoms with Crippen LogP contribution in [0.2, 0.25) is 0 Å². The van der Waals surface area contributed by atoms with E-state index in [0.29, 0.717) is 6.04 Å². The molecule has 5 nitrogen and oxygen atoms in total. The molecule has 0 bridgehead atoms. The number of benzene rings is 1. The number of nitrogens with one attached hydrogen (secondary N) is 2. The molecule has 114 valence electrons. The van der Waals surface area contributed by atoms with Gasteiger partial charge in [0, 0.05) is 12.5 Å². The summed E-state index contributed by atoms with van der Waals surface area (Å²) < 4.78 is 4.97. The summed E-state index contributed by atoms with van der Waals surface area (Å²) in [4.78, 5) is 24.3. The molecule has 0 saturated heterocycles. The van der Waals surface area contributed by atoms with Crippen LogP contribution in [0.5, 0.6) is 0 Å².